The molecule has 0 aliphatic rings. The number of nitrogen functional groups attached to an aromatic ring is 1. The first-order chi connectivity index (χ1) is 15.2. The number of nitrogens with two attached hydrogens (primary N) is 1. The van der Waals surface area contributed by atoms with Gasteiger partial charge in [0.15, 0.2) is 0 Å². The quantitative estimate of drug-likeness (QED) is 0.175. The molecular weight excluding hydrogens is 443 g/mol. The summed E-state index contributed by atoms with van der Waals surface area (Å²) in [4.78, 5) is 6.96. The highest BCUT2D eigenvalue weighted by atomic mass is 32.2. The van der Waals surface area contributed by atoms with Crippen LogP contribution >= 0.6 is 34.4 Å². The Hall–Kier alpha value is -2.33. The zero-order valence-electron chi connectivity index (χ0n) is 18.0. The summed E-state index contributed by atoms with van der Waals surface area (Å²) < 4.78 is 13.5. The molecule has 0 aliphatic carbocycles. The Morgan fingerprint density at radius 2 is 1.87 bits per heavy atom. The topological polar surface area (TPSA) is 38.9 Å². The highest BCUT2D eigenvalue weighted by Crippen LogP contribution is 2.45. The second-order valence-corrected chi connectivity index (χ2v) is 9.37. The zero-order chi connectivity index (χ0) is 22.6. The molecule has 1 aromatic carbocycles. The fraction of sp³-hybridized carbons (Fsp3) is 0.240. The SMILES string of the molecule is C#CC.CC.Nc1c(SCCCF)sc2nc(-c3cccs3)cc(-c3ccccc3)c12. The average Bonchev–Trinajstić information content (AvgIpc) is 3.45. The number of hydrogen-bond donors (Lipinski definition) is 1. The number of hydrogen-bond acceptors (Lipinski definition) is 5. The second-order valence-electron chi connectivity index (χ2n) is 6.06. The van der Waals surface area contributed by atoms with E-state index < -0.39 is 0 Å². The van der Waals surface area contributed by atoms with Crippen LogP contribution in [0.2, 0.25) is 0 Å². The predicted molar refractivity (Wildman–Crippen MR) is 140 cm³/mol. The van der Waals surface area contributed by atoms with E-state index in [4.69, 9.17) is 10.7 Å². The Bertz CT molecular complexity index is 1100. The van der Waals surface area contributed by atoms with E-state index in [0.717, 1.165) is 47.6 Å². The van der Waals surface area contributed by atoms with Gasteiger partial charge in [-0.3, -0.25) is 4.39 Å². The van der Waals surface area contributed by atoms with Crippen LogP contribution in [0.25, 0.3) is 31.9 Å². The molecule has 3 aromatic heterocycles. The maximum Gasteiger partial charge on any atom is 0.127 e. The summed E-state index contributed by atoms with van der Waals surface area (Å²) in [6, 6.07) is 16.5. The molecule has 4 aromatic rings. The van der Waals surface area contributed by atoms with E-state index in [-0.39, 0.29) is 6.67 Å². The molecule has 0 radical (unpaired) electrons. The smallest absolute Gasteiger partial charge is 0.127 e. The van der Waals surface area contributed by atoms with Crippen molar-refractivity contribution in [2.45, 2.75) is 31.4 Å². The number of alkyl halides is 1. The monoisotopic (exact) mass is 470 g/mol. The van der Waals surface area contributed by atoms with Crippen LogP contribution in [-0.4, -0.2) is 17.4 Å². The largest absolute Gasteiger partial charge is 0.397 e. The number of thioether (sulfide) groups is 1. The van der Waals surface area contributed by atoms with E-state index in [0.29, 0.717) is 6.42 Å². The second kappa shape index (κ2) is 13.2. The third-order valence-electron chi connectivity index (χ3n) is 4.03. The van der Waals surface area contributed by atoms with Crippen molar-refractivity contribution in [2.75, 3.05) is 18.2 Å². The summed E-state index contributed by atoms with van der Waals surface area (Å²) in [6.07, 6.45) is 5.14. The molecule has 162 valence electrons. The molecule has 0 saturated heterocycles. The Morgan fingerprint density at radius 3 is 2.48 bits per heavy atom. The normalized spacial score (nSPS) is 9.90. The minimum Gasteiger partial charge on any atom is -0.397 e. The minimum atomic E-state index is -0.298. The average molecular weight is 471 g/mol. The van der Waals surface area contributed by atoms with E-state index in [1.54, 1.807) is 41.4 Å². The maximum atomic E-state index is 12.4. The van der Waals surface area contributed by atoms with Gasteiger partial charge in [-0.1, -0.05) is 50.2 Å². The molecule has 4 rings (SSSR count). The Morgan fingerprint density at radius 1 is 1.16 bits per heavy atom. The minimum absolute atomic E-state index is 0.298. The lowest BCUT2D eigenvalue weighted by Gasteiger charge is -2.07. The number of nitrogens with zero attached hydrogens (tertiary/aromatic N) is 1. The van der Waals surface area contributed by atoms with Gasteiger partial charge in [-0.25, -0.2) is 4.98 Å². The van der Waals surface area contributed by atoms with Crippen molar-refractivity contribution in [2.24, 2.45) is 0 Å². The van der Waals surface area contributed by atoms with Gasteiger partial charge in [0.05, 0.1) is 27.1 Å². The highest BCUT2D eigenvalue weighted by Gasteiger charge is 2.18. The lowest BCUT2D eigenvalue weighted by atomic mass is 10.0. The molecule has 0 bridgehead atoms. The van der Waals surface area contributed by atoms with Gasteiger partial charge >= 0.3 is 0 Å². The Labute approximate surface area is 196 Å². The fourth-order valence-electron chi connectivity index (χ4n) is 2.82. The number of fused-ring (bicyclic) bond motifs is 1. The van der Waals surface area contributed by atoms with E-state index in [1.807, 2.05) is 38.1 Å². The molecule has 2 nitrogen and oxygen atoms in total. The predicted octanol–water partition coefficient (Wildman–Crippen LogP) is 8.39. The molecule has 0 fully saturated rings. The van der Waals surface area contributed by atoms with Gasteiger partial charge in [0.25, 0.3) is 0 Å². The summed E-state index contributed by atoms with van der Waals surface area (Å²) >= 11 is 4.90. The first-order valence-corrected chi connectivity index (χ1v) is 12.8. The van der Waals surface area contributed by atoms with Gasteiger partial charge in [-0.05, 0) is 42.0 Å². The lowest BCUT2D eigenvalue weighted by Crippen LogP contribution is -1.90. The summed E-state index contributed by atoms with van der Waals surface area (Å²) in [5.41, 5.74) is 10.4. The van der Waals surface area contributed by atoms with Crippen molar-refractivity contribution in [3.05, 3.63) is 53.9 Å². The van der Waals surface area contributed by atoms with Crippen LogP contribution in [0, 0.1) is 12.3 Å². The number of terminal acetylenes is 1. The van der Waals surface area contributed by atoms with Crippen molar-refractivity contribution < 1.29 is 4.39 Å². The van der Waals surface area contributed by atoms with Crippen molar-refractivity contribution in [1.29, 1.82) is 0 Å². The standard InChI is InChI=1S/C20H17FN2S3.C3H4.C2H6/c21-9-5-11-25-20-18(22)17-14(13-6-2-1-3-7-13)12-15(23-19(17)26-20)16-8-4-10-24-16;1-3-2;1-2/h1-4,6-8,10,12H,5,9,11,22H2;1H,2H3;1-2H3. The number of anilines is 1. The van der Waals surface area contributed by atoms with Gasteiger partial charge in [0.1, 0.15) is 4.83 Å². The van der Waals surface area contributed by atoms with Gasteiger partial charge in [-0.2, -0.15) is 0 Å². The number of rotatable bonds is 6. The third kappa shape index (κ3) is 6.33. The van der Waals surface area contributed by atoms with Crippen LogP contribution < -0.4 is 5.73 Å². The van der Waals surface area contributed by atoms with Crippen molar-refractivity contribution in [1.82, 2.24) is 4.98 Å². The molecule has 31 heavy (non-hydrogen) atoms. The van der Waals surface area contributed by atoms with Crippen LogP contribution in [0.4, 0.5) is 10.1 Å². The molecule has 0 atom stereocenters. The Balaban J connectivity index is 0.000000630. The van der Waals surface area contributed by atoms with Gasteiger partial charge in [0, 0.05) is 11.1 Å². The lowest BCUT2D eigenvalue weighted by molar-refractivity contribution is 0.489. The summed E-state index contributed by atoms with van der Waals surface area (Å²) in [5, 5.41) is 3.06. The zero-order valence-corrected chi connectivity index (χ0v) is 20.5. The number of aromatic nitrogens is 1. The maximum absolute atomic E-state index is 12.4. The van der Waals surface area contributed by atoms with Crippen molar-refractivity contribution >= 4 is 50.3 Å². The third-order valence-corrected chi connectivity index (χ3v) is 7.40. The number of halogens is 1. The molecular formula is C25H27FN2S3. The molecule has 0 saturated carbocycles. The van der Waals surface area contributed by atoms with Crippen LogP contribution in [0.3, 0.4) is 0 Å². The molecule has 0 aliphatic heterocycles. The first-order valence-electron chi connectivity index (χ1n) is 10.1. The van der Waals surface area contributed by atoms with Gasteiger partial charge in [-0.15, -0.1) is 46.8 Å². The van der Waals surface area contributed by atoms with Gasteiger partial charge < -0.3 is 5.73 Å². The molecule has 0 spiro atoms. The summed E-state index contributed by atoms with van der Waals surface area (Å²) in [6.45, 7) is 5.36. The van der Waals surface area contributed by atoms with Crippen LogP contribution in [0.1, 0.15) is 27.2 Å². The number of pyridine rings is 1. The molecule has 2 N–H and O–H groups in total. The Kier molecular flexibility index (Phi) is 10.6. The highest BCUT2D eigenvalue weighted by molar-refractivity contribution is 8.01. The number of thiophene rings is 2. The van der Waals surface area contributed by atoms with Gasteiger partial charge in [0.2, 0.25) is 0 Å². The van der Waals surface area contributed by atoms with E-state index >= 15 is 0 Å². The van der Waals surface area contributed by atoms with Crippen LogP contribution in [0.5, 0.6) is 0 Å². The van der Waals surface area contributed by atoms with Crippen LogP contribution in [-0.2, 0) is 0 Å². The van der Waals surface area contributed by atoms with Crippen molar-refractivity contribution in [3.8, 4) is 34.0 Å². The molecule has 6 heteroatoms. The van der Waals surface area contributed by atoms with E-state index in [1.165, 1.54) is 0 Å². The fourth-order valence-corrected chi connectivity index (χ4v) is 5.78. The summed E-state index contributed by atoms with van der Waals surface area (Å²) in [5.74, 6) is 2.98. The molecule has 0 unspecified atom stereocenters. The van der Waals surface area contributed by atoms with E-state index in [2.05, 4.69) is 42.0 Å². The summed E-state index contributed by atoms with van der Waals surface area (Å²) in [7, 11) is 0. The van der Waals surface area contributed by atoms with Crippen LogP contribution in [0.15, 0.2) is 58.1 Å². The molecule has 3 heterocycles. The first kappa shape index (κ1) is 24.9. The van der Waals surface area contributed by atoms with E-state index in [9.17, 15) is 4.39 Å². The van der Waals surface area contributed by atoms with Crippen molar-refractivity contribution in [3.63, 3.8) is 0 Å². The number of benzene rings is 1. The molecule has 0 amide bonds.